The molecule has 80 valence electrons. The van der Waals surface area contributed by atoms with Crippen LogP contribution in [-0.4, -0.2) is 16.7 Å². The Morgan fingerprint density at radius 1 is 1.50 bits per heavy atom. The number of hydrogen-bond donors (Lipinski definition) is 1. The number of benzene rings is 1. The summed E-state index contributed by atoms with van der Waals surface area (Å²) in [7, 11) is 0. The molecule has 0 bridgehead atoms. The van der Waals surface area contributed by atoms with Gasteiger partial charge in [-0.15, -0.1) is 0 Å². The highest BCUT2D eigenvalue weighted by molar-refractivity contribution is 9.10. The maximum atomic E-state index is 11.2. The average molecular weight is 280 g/mol. The molecule has 1 aromatic carbocycles. The molecule has 5 nitrogen and oxygen atoms in total. The molecule has 2 rings (SSSR count). The van der Waals surface area contributed by atoms with E-state index in [2.05, 4.69) is 20.9 Å². The number of amides is 1. The van der Waals surface area contributed by atoms with E-state index in [1.54, 1.807) is 18.2 Å². The van der Waals surface area contributed by atoms with Gasteiger partial charge in [0.2, 0.25) is 6.08 Å². The van der Waals surface area contributed by atoms with Crippen molar-refractivity contribution in [2.45, 2.75) is 0 Å². The zero-order valence-electron chi connectivity index (χ0n) is 7.98. The van der Waals surface area contributed by atoms with Crippen molar-refractivity contribution in [2.24, 2.45) is 10.7 Å². The quantitative estimate of drug-likeness (QED) is 0.642. The van der Waals surface area contributed by atoms with E-state index < -0.39 is 6.03 Å². The molecule has 2 aromatic rings. The van der Waals surface area contributed by atoms with Gasteiger partial charge in [0, 0.05) is 16.1 Å². The lowest BCUT2D eigenvalue weighted by molar-refractivity contribution is 0.251. The van der Waals surface area contributed by atoms with Crippen LogP contribution in [0.15, 0.2) is 33.9 Å². The van der Waals surface area contributed by atoms with Crippen molar-refractivity contribution in [2.75, 3.05) is 0 Å². The van der Waals surface area contributed by atoms with E-state index in [-0.39, 0.29) is 0 Å². The molecule has 0 aliphatic heterocycles. The number of isocyanates is 1. The van der Waals surface area contributed by atoms with Crippen molar-refractivity contribution >= 4 is 44.6 Å². The zero-order valence-corrected chi connectivity index (χ0v) is 9.56. The number of primary amides is 1. The Balaban J connectivity index is 2.86. The number of carbonyl (C=O) groups excluding carboxylic acids is 2. The lowest BCUT2D eigenvalue weighted by atomic mass is 10.2. The molecule has 1 amide bonds. The first-order valence-corrected chi connectivity index (χ1v) is 5.11. The van der Waals surface area contributed by atoms with Crippen molar-refractivity contribution in [3.63, 3.8) is 0 Å². The summed E-state index contributed by atoms with van der Waals surface area (Å²) < 4.78 is 2.04. The van der Waals surface area contributed by atoms with Gasteiger partial charge in [0.15, 0.2) is 0 Å². The molecule has 0 saturated carbocycles. The third-order valence-electron chi connectivity index (χ3n) is 2.15. The minimum absolute atomic E-state index is 0.372. The van der Waals surface area contributed by atoms with Gasteiger partial charge in [-0.1, -0.05) is 15.9 Å². The van der Waals surface area contributed by atoms with Gasteiger partial charge in [-0.25, -0.2) is 9.59 Å². The molecule has 6 heteroatoms. The molecule has 16 heavy (non-hydrogen) atoms. The van der Waals surface area contributed by atoms with E-state index in [9.17, 15) is 9.59 Å². The lowest BCUT2D eigenvalue weighted by Gasteiger charge is -1.98. The topological polar surface area (TPSA) is 77.5 Å². The highest BCUT2D eigenvalue weighted by Crippen LogP contribution is 2.30. The second-order valence-corrected chi connectivity index (χ2v) is 4.00. The largest absolute Gasteiger partial charge is 0.351 e. The molecule has 0 saturated heterocycles. The lowest BCUT2D eigenvalue weighted by Crippen LogP contribution is -2.17. The summed E-state index contributed by atoms with van der Waals surface area (Å²) in [6.45, 7) is 0. The maximum absolute atomic E-state index is 11.2. The summed E-state index contributed by atoms with van der Waals surface area (Å²) in [5.41, 5.74) is 6.17. The molecule has 2 N–H and O–H groups in total. The predicted molar refractivity (Wildman–Crippen MR) is 62.4 cm³/mol. The second-order valence-electron chi connectivity index (χ2n) is 3.09. The summed E-state index contributed by atoms with van der Waals surface area (Å²) >= 11 is 3.29. The van der Waals surface area contributed by atoms with Crippen molar-refractivity contribution in [3.05, 3.63) is 28.9 Å². The molecule has 0 aliphatic carbocycles. The van der Waals surface area contributed by atoms with Crippen LogP contribution >= 0.6 is 15.9 Å². The van der Waals surface area contributed by atoms with Crippen molar-refractivity contribution < 1.29 is 9.59 Å². The number of hydrogen-bond acceptors (Lipinski definition) is 3. The van der Waals surface area contributed by atoms with Gasteiger partial charge >= 0.3 is 6.03 Å². The van der Waals surface area contributed by atoms with Gasteiger partial charge in [-0.05, 0) is 18.2 Å². The first-order chi connectivity index (χ1) is 7.63. The second kappa shape index (κ2) is 3.92. The monoisotopic (exact) mass is 279 g/mol. The number of carbonyl (C=O) groups is 1. The highest BCUT2D eigenvalue weighted by atomic mass is 79.9. The molecule has 0 atom stereocenters. The van der Waals surface area contributed by atoms with Gasteiger partial charge in [0.1, 0.15) is 5.69 Å². The Hall–Kier alpha value is -1.91. The van der Waals surface area contributed by atoms with E-state index >= 15 is 0 Å². The Bertz CT molecular complexity index is 626. The van der Waals surface area contributed by atoms with Crippen LogP contribution in [0.2, 0.25) is 0 Å². The number of nitrogens with two attached hydrogens (primary N) is 1. The number of fused-ring (bicyclic) bond motifs is 1. The summed E-state index contributed by atoms with van der Waals surface area (Å²) in [6.07, 6.45) is 2.85. The SMILES string of the molecule is NC(=O)n1cc(N=C=O)c2ccc(Br)cc21. The summed E-state index contributed by atoms with van der Waals surface area (Å²) in [5, 5.41) is 0.672. The van der Waals surface area contributed by atoms with Gasteiger partial charge in [0.05, 0.1) is 5.52 Å². The molecule has 1 aromatic heterocycles. The number of nitrogens with zero attached hydrogens (tertiary/aromatic N) is 2. The first-order valence-electron chi connectivity index (χ1n) is 4.32. The maximum Gasteiger partial charge on any atom is 0.323 e. The summed E-state index contributed by atoms with van der Waals surface area (Å²) in [6, 6.07) is 4.63. The molecule has 1 heterocycles. The van der Waals surface area contributed by atoms with Crippen LogP contribution in [0.25, 0.3) is 10.9 Å². The van der Waals surface area contributed by atoms with E-state index in [4.69, 9.17) is 5.73 Å². The Morgan fingerprint density at radius 2 is 2.25 bits per heavy atom. The summed E-state index contributed by atoms with van der Waals surface area (Å²) in [4.78, 5) is 24.9. The van der Waals surface area contributed by atoms with Crippen molar-refractivity contribution in [1.82, 2.24) is 4.57 Å². The van der Waals surface area contributed by atoms with Gasteiger partial charge in [0.25, 0.3) is 0 Å². The van der Waals surface area contributed by atoms with Crippen LogP contribution in [0, 0.1) is 0 Å². The van der Waals surface area contributed by atoms with Gasteiger partial charge < -0.3 is 5.73 Å². The number of halogens is 1. The van der Waals surface area contributed by atoms with Crippen molar-refractivity contribution in [1.29, 1.82) is 0 Å². The molecule has 0 unspecified atom stereocenters. The smallest absolute Gasteiger partial charge is 0.323 e. The molecular formula is C10H6BrN3O2. The molecule has 0 fully saturated rings. The van der Waals surface area contributed by atoms with Gasteiger partial charge in [-0.3, -0.25) is 4.57 Å². The van der Waals surface area contributed by atoms with E-state index in [1.807, 2.05) is 0 Å². The number of aromatic nitrogens is 1. The molecule has 0 radical (unpaired) electrons. The average Bonchev–Trinajstić information content (AvgIpc) is 2.57. The molecule has 0 spiro atoms. The Morgan fingerprint density at radius 3 is 2.88 bits per heavy atom. The summed E-state index contributed by atoms with van der Waals surface area (Å²) in [5.74, 6) is 0. The van der Waals surface area contributed by atoms with Crippen LogP contribution in [-0.2, 0) is 4.79 Å². The van der Waals surface area contributed by atoms with E-state index in [0.717, 1.165) is 4.47 Å². The Labute approximate surface area is 98.7 Å². The third kappa shape index (κ3) is 1.64. The number of rotatable bonds is 1. The highest BCUT2D eigenvalue weighted by Gasteiger charge is 2.11. The van der Waals surface area contributed by atoms with Crippen LogP contribution in [0.3, 0.4) is 0 Å². The number of aliphatic imine (C=N–C) groups is 1. The normalized spacial score (nSPS) is 10.1. The molecule has 0 aliphatic rings. The standard InChI is InChI=1S/C10H6BrN3O2/c11-6-1-2-7-8(13-5-15)4-14(10(12)16)9(7)3-6/h1-4H,(H2,12,16). The van der Waals surface area contributed by atoms with E-state index in [1.165, 1.54) is 16.8 Å². The minimum Gasteiger partial charge on any atom is -0.351 e. The Kier molecular flexibility index (Phi) is 2.60. The first kappa shape index (κ1) is 10.6. The fraction of sp³-hybridized carbons (Fsp3) is 0. The predicted octanol–water partition coefficient (Wildman–Crippen LogP) is 2.30. The third-order valence-corrected chi connectivity index (χ3v) is 2.64. The van der Waals surface area contributed by atoms with Gasteiger partial charge in [-0.2, -0.15) is 4.99 Å². The van der Waals surface area contributed by atoms with Crippen LogP contribution in [0.1, 0.15) is 0 Å². The van der Waals surface area contributed by atoms with Crippen LogP contribution < -0.4 is 5.73 Å². The minimum atomic E-state index is -0.629. The van der Waals surface area contributed by atoms with Crippen LogP contribution in [0.5, 0.6) is 0 Å². The fourth-order valence-electron chi connectivity index (χ4n) is 1.50. The van der Waals surface area contributed by atoms with E-state index in [0.29, 0.717) is 16.6 Å². The zero-order chi connectivity index (χ0) is 11.7. The molecular weight excluding hydrogens is 274 g/mol. The van der Waals surface area contributed by atoms with Crippen LogP contribution in [0.4, 0.5) is 10.5 Å². The van der Waals surface area contributed by atoms with Crippen molar-refractivity contribution in [3.8, 4) is 0 Å². The fourth-order valence-corrected chi connectivity index (χ4v) is 1.85.